The number of ether oxygens (including phenoxy) is 4. The molecule has 0 atom stereocenters. The van der Waals surface area contributed by atoms with Crippen molar-refractivity contribution in [1.82, 2.24) is 0 Å². The molecule has 0 N–H and O–H groups in total. The van der Waals surface area contributed by atoms with Crippen LogP contribution in [0.4, 0.5) is 26.3 Å². The zero-order valence-corrected chi connectivity index (χ0v) is 20.5. The molecule has 0 unspecified atom stereocenters. The van der Waals surface area contributed by atoms with Crippen LogP contribution in [-0.4, -0.2) is 12.4 Å². The normalized spacial score (nSPS) is 11.6. The average molecular weight is 570 g/mol. The van der Waals surface area contributed by atoms with Gasteiger partial charge >= 0.3 is 12.4 Å². The zero-order valence-electron chi connectivity index (χ0n) is 20.5. The molecule has 4 aromatic rings. The van der Waals surface area contributed by atoms with E-state index in [-0.39, 0.29) is 34.5 Å². The molecule has 0 aliphatic heterocycles. The third kappa shape index (κ3) is 5.97. The van der Waals surface area contributed by atoms with E-state index in [2.05, 4.69) is 9.47 Å². The molecular formula is C29H16F6N2O4. The summed E-state index contributed by atoms with van der Waals surface area (Å²) < 4.78 is 107. The van der Waals surface area contributed by atoms with E-state index in [1.165, 1.54) is 61.0 Å². The summed E-state index contributed by atoms with van der Waals surface area (Å²) in [6.07, 6.45) is -8.58. The molecular weight excluding hydrogens is 554 g/mol. The molecule has 0 radical (unpaired) electrons. The Morgan fingerprint density at radius 3 is 0.902 bits per heavy atom. The standard InChI is InChI=1S/C29H16F6N2O4/c30-28(31,32)27(29(33,34)35,19-1-5-23(6-2-19)40-25-13-9-21(10-14-25)38-17-36)20-3-7-24(8-4-20)41-26-15-11-22(12-16-26)39-18-37/h1-16H. The lowest BCUT2D eigenvalue weighted by molar-refractivity contribution is -0.288. The average Bonchev–Trinajstić information content (AvgIpc) is 2.92. The van der Waals surface area contributed by atoms with E-state index in [0.717, 1.165) is 24.3 Å². The van der Waals surface area contributed by atoms with Crippen LogP contribution in [0, 0.1) is 23.0 Å². The molecule has 0 aliphatic rings. The number of alkyl halides is 6. The van der Waals surface area contributed by atoms with E-state index in [4.69, 9.17) is 20.0 Å². The van der Waals surface area contributed by atoms with E-state index in [1.807, 2.05) is 0 Å². The maximum absolute atomic E-state index is 14.5. The second kappa shape index (κ2) is 11.4. The Balaban J connectivity index is 1.65. The van der Waals surface area contributed by atoms with Crippen LogP contribution in [0.2, 0.25) is 0 Å². The molecule has 0 spiro atoms. The molecule has 6 nitrogen and oxygen atoms in total. The van der Waals surface area contributed by atoms with E-state index >= 15 is 0 Å². The van der Waals surface area contributed by atoms with Crippen molar-refractivity contribution in [3.8, 4) is 47.0 Å². The van der Waals surface area contributed by atoms with Crippen LogP contribution in [0.5, 0.6) is 34.5 Å². The van der Waals surface area contributed by atoms with Crippen molar-refractivity contribution in [2.75, 3.05) is 0 Å². The van der Waals surface area contributed by atoms with Crippen molar-refractivity contribution in [1.29, 1.82) is 10.5 Å². The second-order valence-electron chi connectivity index (χ2n) is 8.33. The molecule has 0 amide bonds. The summed E-state index contributed by atoms with van der Waals surface area (Å²) in [6.45, 7) is 0. The molecule has 4 aromatic carbocycles. The van der Waals surface area contributed by atoms with Crippen LogP contribution in [0.1, 0.15) is 11.1 Å². The van der Waals surface area contributed by atoms with Crippen molar-refractivity contribution >= 4 is 0 Å². The van der Waals surface area contributed by atoms with Crippen LogP contribution in [0.3, 0.4) is 0 Å². The molecule has 12 heteroatoms. The Hall–Kier alpha value is -5.36. The van der Waals surface area contributed by atoms with Gasteiger partial charge in [0.25, 0.3) is 12.5 Å². The highest BCUT2D eigenvalue weighted by atomic mass is 19.4. The minimum Gasteiger partial charge on any atom is -0.457 e. The third-order valence-electron chi connectivity index (χ3n) is 5.87. The first-order chi connectivity index (χ1) is 19.5. The van der Waals surface area contributed by atoms with E-state index in [1.54, 1.807) is 0 Å². The molecule has 4 rings (SSSR count). The summed E-state index contributed by atoms with van der Waals surface area (Å²) in [4.78, 5) is 0. The first-order valence-electron chi connectivity index (χ1n) is 11.5. The highest BCUT2D eigenvalue weighted by Gasteiger charge is 2.72. The number of nitrogens with zero attached hydrogens (tertiary/aromatic N) is 2. The van der Waals surface area contributed by atoms with Crippen LogP contribution < -0.4 is 18.9 Å². The lowest BCUT2D eigenvalue weighted by Crippen LogP contribution is -2.54. The first kappa shape index (κ1) is 28.6. The van der Waals surface area contributed by atoms with Gasteiger partial charge in [-0.1, -0.05) is 24.3 Å². The van der Waals surface area contributed by atoms with Gasteiger partial charge in [-0.15, -0.1) is 10.5 Å². The van der Waals surface area contributed by atoms with Gasteiger partial charge in [0.05, 0.1) is 0 Å². The maximum Gasteiger partial charge on any atom is 0.411 e. The topological polar surface area (TPSA) is 84.5 Å². The number of hydrogen-bond acceptors (Lipinski definition) is 6. The maximum atomic E-state index is 14.5. The van der Waals surface area contributed by atoms with Gasteiger partial charge in [0, 0.05) is 0 Å². The lowest BCUT2D eigenvalue weighted by Gasteiger charge is -2.38. The quantitative estimate of drug-likeness (QED) is 0.156. The fraction of sp³-hybridized carbons (Fsp3) is 0.103. The van der Waals surface area contributed by atoms with Gasteiger partial charge in [0.2, 0.25) is 5.41 Å². The van der Waals surface area contributed by atoms with Crippen LogP contribution in [-0.2, 0) is 5.41 Å². The van der Waals surface area contributed by atoms with Gasteiger partial charge in [-0.05, 0) is 83.9 Å². The van der Waals surface area contributed by atoms with Gasteiger partial charge in [-0.3, -0.25) is 0 Å². The highest BCUT2D eigenvalue weighted by molar-refractivity contribution is 5.48. The molecule has 0 aliphatic carbocycles. The van der Waals surface area contributed by atoms with Gasteiger partial charge < -0.3 is 18.9 Å². The van der Waals surface area contributed by atoms with E-state index < -0.39 is 28.9 Å². The Morgan fingerprint density at radius 1 is 0.415 bits per heavy atom. The van der Waals surface area contributed by atoms with Crippen molar-refractivity contribution in [2.45, 2.75) is 17.8 Å². The summed E-state index contributed by atoms with van der Waals surface area (Å²) in [6, 6.07) is 18.1. The number of halogens is 6. The Bertz CT molecular complexity index is 1430. The van der Waals surface area contributed by atoms with Crippen molar-refractivity contribution in [2.24, 2.45) is 0 Å². The van der Waals surface area contributed by atoms with Crippen molar-refractivity contribution in [3.05, 3.63) is 108 Å². The number of rotatable bonds is 8. The highest BCUT2D eigenvalue weighted by Crippen LogP contribution is 2.56. The molecule has 0 heterocycles. The minimum atomic E-state index is -5.77. The van der Waals surface area contributed by atoms with E-state index in [0.29, 0.717) is 24.3 Å². The predicted octanol–water partition coefficient (Wildman–Crippen LogP) is 8.40. The minimum absolute atomic E-state index is 0.0177. The molecule has 208 valence electrons. The van der Waals surface area contributed by atoms with Crippen molar-refractivity contribution in [3.63, 3.8) is 0 Å². The monoisotopic (exact) mass is 570 g/mol. The summed E-state index contributed by atoms with van der Waals surface area (Å²) in [5, 5.41) is 17.1. The zero-order chi connectivity index (χ0) is 29.7. The Labute approximate surface area is 229 Å². The van der Waals surface area contributed by atoms with Gasteiger partial charge in [0.15, 0.2) is 0 Å². The fourth-order valence-corrected chi connectivity index (χ4v) is 4.06. The van der Waals surface area contributed by atoms with Gasteiger partial charge in [0.1, 0.15) is 34.5 Å². The van der Waals surface area contributed by atoms with Gasteiger partial charge in [-0.25, -0.2) is 0 Å². The number of nitriles is 2. The number of hydrogen-bond donors (Lipinski definition) is 0. The fourth-order valence-electron chi connectivity index (χ4n) is 4.06. The van der Waals surface area contributed by atoms with Crippen molar-refractivity contribution < 1.29 is 45.3 Å². The molecule has 0 saturated carbocycles. The smallest absolute Gasteiger partial charge is 0.411 e. The number of benzene rings is 4. The first-order valence-corrected chi connectivity index (χ1v) is 11.5. The van der Waals surface area contributed by atoms with Crippen LogP contribution >= 0.6 is 0 Å². The Kier molecular flexibility index (Phi) is 7.96. The third-order valence-corrected chi connectivity index (χ3v) is 5.87. The molecule has 0 bridgehead atoms. The molecule has 41 heavy (non-hydrogen) atoms. The van der Waals surface area contributed by atoms with Crippen LogP contribution in [0.25, 0.3) is 0 Å². The largest absolute Gasteiger partial charge is 0.457 e. The van der Waals surface area contributed by atoms with Crippen LogP contribution in [0.15, 0.2) is 97.1 Å². The Morgan fingerprint density at radius 2 is 0.659 bits per heavy atom. The van der Waals surface area contributed by atoms with Gasteiger partial charge in [-0.2, -0.15) is 26.3 Å². The molecule has 0 fully saturated rings. The predicted molar refractivity (Wildman–Crippen MR) is 131 cm³/mol. The summed E-state index contributed by atoms with van der Waals surface area (Å²) in [5.74, 6) is 0.823. The summed E-state index contributed by atoms with van der Waals surface area (Å²) in [5.41, 5.74) is -6.49. The second-order valence-corrected chi connectivity index (χ2v) is 8.33. The molecule has 0 aromatic heterocycles. The lowest BCUT2D eigenvalue weighted by atomic mass is 9.73. The van der Waals surface area contributed by atoms with E-state index in [9.17, 15) is 26.3 Å². The molecule has 0 saturated heterocycles. The SMILES string of the molecule is N#COc1ccc(Oc2ccc(C(c3ccc(Oc4ccc(OC#N)cc4)cc3)(C(F)(F)F)C(F)(F)F)cc2)cc1. The summed E-state index contributed by atoms with van der Waals surface area (Å²) in [7, 11) is 0. The summed E-state index contributed by atoms with van der Waals surface area (Å²) >= 11 is 0.